The molecule has 0 aliphatic heterocycles. The second kappa shape index (κ2) is 10.6. The number of pyridine rings is 2. The summed E-state index contributed by atoms with van der Waals surface area (Å²) in [5.74, 6) is -0.756. The van der Waals surface area contributed by atoms with Gasteiger partial charge in [-0.2, -0.15) is 18.3 Å². The predicted molar refractivity (Wildman–Crippen MR) is 152 cm³/mol. The monoisotopic (exact) mass is 606 g/mol. The third kappa shape index (κ3) is 5.04. The summed E-state index contributed by atoms with van der Waals surface area (Å²) < 4.78 is 58.7. The Balaban J connectivity index is 1.47. The number of halogens is 5. The van der Waals surface area contributed by atoms with Gasteiger partial charge in [-0.3, -0.25) is 4.98 Å². The molecule has 2 aromatic carbocycles. The van der Waals surface area contributed by atoms with Crippen LogP contribution in [-0.4, -0.2) is 34.4 Å². The number of fused-ring (bicyclic) bond motifs is 1. The summed E-state index contributed by atoms with van der Waals surface area (Å²) in [4.78, 5) is 12.1. The molecule has 1 atom stereocenters. The minimum absolute atomic E-state index is 0.00179. The van der Waals surface area contributed by atoms with Crippen LogP contribution in [0.2, 0.25) is 5.02 Å². The Morgan fingerprint density at radius 1 is 1.00 bits per heavy atom. The number of hydrogen-bond donors (Lipinski definition) is 1. The summed E-state index contributed by atoms with van der Waals surface area (Å²) in [6.45, 7) is 1.74. The van der Waals surface area contributed by atoms with Crippen molar-refractivity contribution >= 4 is 22.5 Å². The van der Waals surface area contributed by atoms with Crippen molar-refractivity contribution in [1.82, 2.24) is 29.3 Å². The second-order valence-electron chi connectivity index (χ2n) is 10.2. The number of aromatic nitrogens is 6. The van der Waals surface area contributed by atoms with E-state index >= 15 is 4.39 Å². The van der Waals surface area contributed by atoms with Crippen molar-refractivity contribution in [2.45, 2.75) is 25.1 Å². The molecule has 43 heavy (non-hydrogen) atoms. The van der Waals surface area contributed by atoms with E-state index in [1.54, 1.807) is 24.9 Å². The maximum atomic E-state index is 15.7. The average molecular weight is 607 g/mol. The van der Waals surface area contributed by atoms with Gasteiger partial charge in [0.15, 0.2) is 5.60 Å². The quantitative estimate of drug-likeness (QED) is 0.218. The number of imidazole rings is 1. The molecule has 0 saturated carbocycles. The van der Waals surface area contributed by atoms with Crippen LogP contribution in [0.1, 0.15) is 39.3 Å². The Morgan fingerprint density at radius 2 is 1.77 bits per heavy atom. The number of aryl methyl sites for hydroxylation is 2. The highest BCUT2D eigenvalue weighted by atomic mass is 35.5. The molecular formula is C31H23ClF4N6O. The van der Waals surface area contributed by atoms with Gasteiger partial charge in [0.05, 0.1) is 28.9 Å². The van der Waals surface area contributed by atoms with Crippen molar-refractivity contribution in [3.63, 3.8) is 0 Å². The molecule has 0 fully saturated rings. The van der Waals surface area contributed by atoms with Crippen LogP contribution in [-0.2, 0) is 25.2 Å². The van der Waals surface area contributed by atoms with E-state index in [1.165, 1.54) is 23.2 Å². The van der Waals surface area contributed by atoms with Gasteiger partial charge in [0.25, 0.3) is 0 Å². The van der Waals surface area contributed by atoms with Crippen molar-refractivity contribution in [2.24, 2.45) is 7.05 Å². The molecule has 0 aliphatic carbocycles. The summed E-state index contributed by atoms with van der Waals surface area (Å²) in [5.41, 5.74) is -0.0586. The van der Waals surface area contributed by atoms with E-state index in [4.69, 9.17) is 11.6 Å². The van der Waals surface area contributed by atoms with E-state index in [1.807, 2.05) is 36.5 Å². The zero-order valence-electron chi connectivity index (χ0n) is 22.8. The molecular weight excluding hydrogens is 584 g/mol. The van der Waals surface area contributed by atoms with Crippen molar-refractivity contribution in [3.05, 3.63) is 136 Å². The lowest BCUT2D eigenvalue weighted by Crippen LogP contribution is -2.32. The van der Waals surface area contributed by atoms with Gasteiger partial charge in [-0.25, -0.2) is 19.0 Å². The van der Waals surface area contributed by atoms with Crippen LogP contribution in [0.25, 0.3) is 16.6 Å². The Bertz CT molecular complexity index is 1940. The lowest BCUT2D eigenvalue weighted by molar-refractivity contribution is -0.141. The summed E-state index contributed by atoms with van der Waals surface area (Å²) in [6, 6.07) is 14.0. The van der Waals surface area contributed by atoms with Gasteiger partial charge in [-0.15, -0.1) is 0 Å². The van der Waals surface area contributed by atoms with Gasteiger partial charge in [-0.1, -0.05) is 29.8 Å². The Hall–Kier alpha value is -4.61. The molecule has 0 aliphatic rings. The minimum atomic E-state index is -4.68. The lowest BCUT2D eigenvalue weighted by atomic mass is 9.83. The fraction of sp³-hybridized carbons (Fsp3) is 0.161. The molecule has 0 saturated heterocycles. The fourth-order valence-electron chi connectivity index (χ4n) is 5.19. The highest BCUT2D eigenvalue weighted by molar-refractivity contribution is 6.36. The van der Waals surface area contributed by atoms with Crippen molar-refractivity contribution in [1.29, 1.82) is 0 Å². The molecule has 0 radical (unpaired) electrons. The SMILES string of the molecule is Cc1nc2c(F)cc(C(O)(c3ccc(C(F)(F)F)nc3)c3cncn3C)cc2c(Cl)c1Cc1ccc(-n2cccn2)cc1. The molecule has 4 aromatic heterocycles. The van der Waals surface area contributed by atoms with E-state index in [0.29, 0.717) is 17.7 Å². The minimum Gasteiger partial charge on any atom is -0.374 e. The van der Waals surface area contributed by atoms with Gasteiger partial charge in [0.1, 0.15) is 17.0 Å². The molecule has 218 valence electrons. The fourth-order valence-corrected chi connectivity index (χ4v) is 5.53. The van der Waals surface area contributed by atoms with Gasteiger partial charge >= 0.3 is 6.18 Å². The van der Waals surface area contributed by atoms with Gasteiger partial charge in [-0.05, 0) is 60.0 Å². The van der Waals surface area contributed by atoms with Crippen LogP contribution in [0.3, 0.4) is 0 Å². The van der Waals surface area contributed by atoms with E-state index in [0.717, 1.165) is 35.6 Å². The molecule has 1 unspecified atom stereocenters. The topological polar surface area (TPSA) is 81.7 Å². The highest BCUT2D eigenvalue weighted by Gasteiger charge is 2.39. The van der Waals surface area contributed by atoms with Crippen LogP contribution in [0.15, 0.2) is 85.7 Å². The smallest absolute Gasteiger partial charge is 0.374 e. The lowest BCUT2D eigenvalue weighted by Gasteiger charge is -2.30. The van der Waals surface area contributed by atoms with Crippen molar-refractivity contribution < 1.29 is 22.7 Å². The average Bonchev–Trinajstić information content (AvgIpc) is 3.68. The molecule has 6 rings (SSSR count). The largest absolute Gasteiger partial charge is 0.433 e. The number of rotatable bonds is 6. The van der Waals surface area contributed by atoms with Crippen molar-refractivity contribution in [3.8, 4) is 5.69 Å². The Kier molecular flexibility index (Phi) is 7.02. The molecule has 6 aromatic rings. The first kappa shape index (κ1) is 28.5. The number of alkyl halides is 3. The van der Waals surface area contributed by atoms with Gasteiger partial charge < -0.3 is 9.67 Å². The maximum Gasteiger partial charge on any atom is 0.433 e. The van der Waals surface area contributed by atoms with E-state index in [-0.39, 0.29) is 32.7 Å². The summed E-state index contributed by atoms with van der Waals surface area (Å²) in [7, 11) is 1.61. The van der Waals surface area contributed by atoms with E-state index < -0.39 is 23.3 Å². The number of aliphatic hydroxyl groups is 1. The summed E-state index contributed by atoms with van der Waals surface area (Å²) >= 11 is 6.92. The van der Waals surface area contributed by atoms with Crippen molar-refractivity contribution in [2.75, 3.05) is 0 Å². The third-order valence-electron chi connectivity index (χ3n) is 7.44. The first-order chi connectivity index (χ1) is 20.5. The first-order valence-electron chi connectivity index (χ1n) is 13.1. The summed E-state index contributed by atoms with van der Waals surface area (Å²) in [6.07, 6.45) is 2.94. The number of nitrogens with zero attached hydrogens (tertiary/aromatic N) is 6. The second-order valence-corrected chi connectivity index (χ2v) is 10.5. The van der Waals surface area contributed by atoms with Crippen LogP contribution >= 0.6 is 11.6 Å². The molecule has 1 N–H and O–H groups in total. The molecule has 0 bridgehead atoms. The van der Waals surface area contributed by atoms with Crippen LogP contribution in [0, 0.1) is 12.7 Å². The van der Waals surface area contributed by atoms with Gasteiger partial charge in [0, 0.05) is 48.7 Å². The molecule has 4 heterocycles. The summed E-state index contributed by atoms with van der Waals surface area (Å²) in [5, 5.41) is 16.9. The normalized spacial score (nSPS) is 13.4. The van der Waals surface area contributed by atoms with Crippen LogP contribution < -0.4 is 0 Å². The molecule has 0 amide bonds. The maximum absolute atomic E-state index is 15.7. The molecule has 12 heteroatoms. The highest BCUT2D eigenvalue weighted by Crippen LogP contribution is 2.41. The molecule has 0 spiro atoms. The zero-order valence-corrected chi connectivity index (χ0v) is 23.6. The number of benzene rings is 2. The Morgan fingerprint density at radius 3 is 2.37 bits per heavy atom. The van der Waals surface area contributed by atoms with E-state index in [2.05, 4.69) is 20.1 Å². The standard InChI is InChI=1S/C31H23ClF4N6O/c1-18-23(12-19-4-7-22(8-5-19)42-11-3-10-39-42)28(32)24-13-21(14-25(33)29(24)40-18)30(43,27-16-37-17-41(27)2)20-6-9-26(38-15-20)31(34,35)36/h3-11,13-17,43H,12H2,1-2H3. The van der Waals surface area contributed by atoms with Crippen LogP contribution in [0.5, 0.6) is 0 Å². The number of hydrogen-bond acceptors (Lipinski definition) is 5. The zero-order chi connectivity index (χ0) is 30.5. The molecule has 7 nitrogen and oxygen atoms in total. The third-order valence-corrected chi connectivity index (χ3v) is 7.88. The predicted octanol–water partition coefficient (Wildman–Crippen LogP) is 6.54. The first-order valence-corrected chi connectivity index (χ1v) is 13.4. The van der Waals surface area contributed by atoms with Gasteiger partial charge in [0.2, 0.25) is 0 Å². The van der Waals surface area contributed by atoms with Crippen LogP contribution in [0.4, 0.5) is 17.6 Å². The Labute approximate surface area is 248 Å². The van der Waals surface area contributed by atoms with E-state index in [9.17, 15) is 18.3 Å².